The molecule has 1 atom stereocenters. The number of methoxy groups -OCH3 is 1. The molecule has 0 saturated heterocycles. The molecular formula is C23H31N3O5S. The van der Waals surface area contributed by atoms with E-state index in [1.807, 2.05) is 37.3 Å². The fourth-order valence-corrected chi connectivity index (χ4v) is 3.97. The van der Waals surface area contributed by atoms with Gasteiger partial charge in [-0.1, -0.05) is 37.3 Å². The van der Waals surface area contributed by atoms with Crippen molar-refractivity contribution in [3.63, 3.8) is 0 Å². The van der Waals surface area contributed by atoms with Gasteiger partial charge in [0.15, 0.2) is 0 Å². The Morgan fingerprint density at radius 3 is 2.22 bits per heavy atom. The second kappa shape index (κ2) is 11.5. The molecule has 0 spiro atoms. The minimum atomic E-state index is -3.75. The van der Waals surface area contributed by atoms with Gasteiger partial charge in [-0.2, -0.15) is 0 Å². The second-order valence-corrected chi connectivity index (χ2v) is 9.35. The van der Waals surface area contributed by atoms with Gasteiger partial charge in [0.1, 0.15) is 18.3 Å². The molecule has 1 N–H and O–H groups in total. The Hall–Kier alpha value is -3.07. The van der Waals surface area contributed by atoms with E-state index in [0.29, 0.717) is 18.0 Å². The third-order valence-corrected chi connectivity index (χ3v) is 6.09. The zero-order valence-corrected chi connectivity index (χ0v) is 19.8. The lowest BCUT2D eigenvalue weighted by Crippen LogP contribution is -2.51. The highest BCUT2D eigenvalue weighted by Crippen LogP contribution is 2.22. The molecule has 0 aromatic heterocycles. The molecule has 1 unspecified atom stereocenters. The lowest BCUT2D eigenvalue weighted by Gasteiger charge is -2.31. The SMILES string of the molecule is CCCNC(=O)C(C)N(Cc1ccccc1)C(=O)CN(c1ccc(OC)cc1)S(C)(=O)=O. The van der Waals surface area contributed by atoms with E-state index in [2.05, 4.69) is 5.32 Å². The van der Waals surface area contributed by atoms with Crippen LogP contribution in [0.1, 0.15) is 25.8 Å². The van der Waals surface area contributed by atoms with Gasteiger partial charge in [0.2, 0.25) is 21.8 Å². The third kappa shape index (κ3) is 6.98. The van der Waals surface area contributed by atoms with Crippen molar-refractivity contribution in [2.24, 2.45) is 0 Å². The van der Waals surface area contributed by atoms with Gasteiger partial charge in [0.05, 0.1) is 19.1 Å². The predicted octanol–water partition coefficient (Wildman–Crippen LogP) is 2.40. The summed E-state index contributed by atoms with van der Waals surface area (Å²) in [5.74, 6) is -0.193. The number of hydrogen-bond acceptors (Lipinski definition) is 5. The first-order valence-electron chi connectivity index (χ1n) is 10.4. The Kier molecular flexibility index (Phi) is 9.07. The molecule has 2 rings (SSSR count). The van der Waals surface area contributed by atoms with Crippen molar-refractivity contribution in [2.75, 3.05) is 30.8 Å². The number of hydrogen-bond donors (Lipinski definition) is 1. The van der Waals surface area contributed by atoms with Crippen molar-refractivity contribution < 1.29 is 22.7 Å². The molecule has 8 nitrogen and oxygen atoms in total. The Balaban J connectivity index is 2.33. The van der Waals surface area contributed by atoms with E-state index in [-0.39, 0.29) is 12.5 Å². The van der Waals surface area contributed by atoms with Gasteiger partial charge >= 0.3 is 0 Å². The lowest BCUT2D eigenvalue weighted by molar-refractivity contribution is -0.139. The molecular weight excluding hydrogens is 430 g/mol. The van der Waals surface area contributed by atoms with Gasteiger partial charge in [-0.3, -0.25) is 13.9 Å². The molecule has 2 aromatic rings. The number of benzene rings is 2. The number of nitrogens with one attached hydrogen (secondary N) is 1. The smallest absolute Gasteiger partial charge is 0.244 e. The summed E-state index contributed by atoms with van der Waals surface area (Å²) >= 11 is 0. The van der Waals surface area contributed by atoms with Gasteiger partial charge < -0.3 is 15.0 Å². The number of rotatable bonds is 11. The highest BCUT2D eigenvalue weighted by molar-refractivity contribution is 7.92. The highest BCUT2D eigenvalue weighted by atomic mass is 32.2. The maximum absolute atomic E-state index is 13.3. The summed E-state index contributed by atoms with van der Waals surface area (Å²) in [5.41, 5.74) is 1.18. The minimum absolute atomic E-state index is 0.181. The summed E-state index contributed by atoms with van der Waals surface area (Å²) < 4.78 is 31.1. The number of ether oxygens (including phenoxy) is 1. The van der Waals surface area contributed by atoms with Crippen LogP contribution in [0.4, 0.5) is 5.69 Å². The van der Waals surface area contributed by atoms with Crippen molar-refractivity contribution in [1.29, 1.82) is 0 Å². The second-order valence-electron chi connectivity index (χ2n) is 7.44. The number of nitrogens with zero attached hydrogens (tertiary/aromatic N) is 2. The topological polar surface area (TPSA) is 96.0 Å². The third-order valence-electron chi connectivity index (χ3n) is 4.95. The van der Waals surface area contributed by atoms with E-state index >= 15 is 0 Å². The van der Waals surface area contributed by atoms with Crippen molar-refractivity contribution in [1.82, 2.24) is 10.2 Å². The lowest BCUT2D eigenvalue weighted by atomic mass is 10.1. The normalized spacial score (nSPS) is 12.0. The molecule has 0 bridgehead atoms. The van der Waals surface area contributed by atoms with E-state index in [1.54, 1.807) is 31.2 Å². The molecule has 0 aliphatic heterocycles. The van der Waals surface area contributed by atoms with E-state index in [9.17, 15) is 18.0 Å². The van der Waals surface area contributed by atoms with E-state index in [1.165, 1.54) is 12.0 Å². The van der Waals surface area contributed by atoms with Crippen LogP contribution in [0.15, 0.2) is 54.6 Å². The fourth-order valence-electron chi connectivity index (χ4n) is 3.12. The first kappa shape index (κ1) is 25.2. The summed E-state index contributed by atoms with van der Waals surface area (Å²) in [7, 11) is -2.24. The van der Waals surface area contributed by atoms with Crippen LogP contribution in [0.25, 0.3) is 0 Å². The Morgan fingerprint density at radius 2 is 1.69 bits per heavy atom. The molecule has 0 radical (unpaired) electrons. The first-order valence-corrected chi connectivity index (χ1v) is 12.2. The molecule has 2 amide bonds. The summed E-state index contributed by atoms with van der Waals surface area (Å²) in [4.78, 5) is 27.4. The van der Waals surface area contributed by atoms with Crippen LogP contribution in [-0.4, -0.2) is 57.6 Å². The zero-order valence-electron chi connectivity index (χ0n) is 18.9. The molecule has 9 heteroatoms. The molecule has 0 fully saturated rings. The van der Waals surface area contributed by atoms with Crippen LogP contribution in [0.3, 0.4) is 0 Å². The van der Waals surface area contributed by atoms with Gasteiger partial charge in [-0.15, -0.1) is 0 Å². The molecule has 32 heavy (non-hydrogen) atoms. The molecule has 174 valence electrons. The monoisotopic (exact) mass is 461 g/mol. The highest BCUT2D eigenvalue weighted by Gasteiger charge is 2.29. The number of sulfonamides is 1. The van der Waals surface area contributed by atoms with Crippen LogP contribution >= 0.6 is 0 Å². The van der Waals surface area contributed by atoms with Crippen LogP contribution in [0.5, 0.6) is 5.75 Å². The predicted molar refractivity (Wildman–Crippen MR) is 125 cm³/mol. The van der Waals surface area contributed by atoms with Crippen molar-refractivity contribution >= 4 is 27.5 Å². The minimum Gasteiger partial charge on any atom is -0.497 e. The van der Waals surface area contributed by atoms with Crippen molar-refractivity contribution in [3.8, 4) is 5.75 Å². The molecule has 0 aliphatic carbocycles. The Morgan fingerprint density at radius 1 is 1.06 bits per heavy atom. The van der Waals surface area contributed by atoms with E-state index in [4.69, 9.17) is 4.74 Å². The molecule has 0 saturated carbocycles. The van der Waals surface area contributed by atoms with Gasteiger partial charge in [0, 0.05) is 13.1 Å². The van der Waals surface area contributed by atoms with Crippen LogP contribution in [0.2, 0.25) is 0 Å². The number of anilines is 1. The number of carbonyl (C=O) groups excluding carboxylic acids is 2. The van der Waals surface area contributed by atoms with E-state index < -0.39 is 28.5 Å². The van der Waals surface area contributed by atoms with Gasteiger partial charge in [0.25, 0.3) is 0 Å². The van der Waals surface area contributed by atoms with Gasteiger partial charge in [-0.05, 0) is 43.2 Å². The first-order chi connectivity index (χ1) is 15.2. The summed E-state index contributed by atoms with van der Waals surface area (Å²) in [5, 5.41) is 2.80. The average Bonchev–Trinajstić information content (AvgIpc) is 2.78. The summed E-state index contributed by atoms with van der Waals surface area (Å²) in [6.45, 7) is 3.84. The summed E-state index contributed by atoms with van der Waals surface area (Å²) in [6.07, 6.45) is 1.81. The quantitative estimate of drug-likeness (QED) is 0.554. The maximum atomic E-state index is 13.3. The van der Waals surface area contributed by atoms with Crippen LogP contribution in [0, 0.1) is 0 Å². The van der Waals surface area contributed by atoms with Gasteiger partial charge in [-0.25, -0.2) is 8.42 Å². The Bertz CT molecular complexity index is 994. The van der Waals surface area contributed by atoms with Crippen LogP contribution in [-0.2, 0) is 26.2 Å². The standard InChI is InChI=1S/C23H31N3O5S/c1-5-15-24-23(28)18(2)25(16-19-9-7-6-8-10-19)22(27)17-26(32(4,29)30)20-11-13-21(31-3)14-12-20/h6-14,18H,5,15-17H2,1-4H3,(H,24,28). The van der Waals surface area contributed by atoms with Crippen molar-refractivity contribution in [2.45, 2.75) is 32.9 Å². The van der Waals surface area contributed by atoms with Crippen LogP contribution < -0.4 is 14.4 Å². The molecule has 2 aromatic carbocycles. The number of amides is 2. The molecule has 0 heterocycles. The van der Waals surface area contributed by atoms with E-state index in [0.717, 1.165) is 22.5 Å². The zero-order chi connectivity index (χ0) is 23.7. The fraction of sp³-hybridized carbons (Fsp3) is 0.391. The van der Waals surface area contributed by atoms with Crippen molar-refractivity contribution in [3.05, 3.63) is 60.2 Å². The summed E-state index contributed by atoms with van der Waals surface area (Å²) in [6, 6.07) is 14.9. The maximum Gasteiger partial charge on any atom is 0.244 e. The number of carbonyl (C=O) groups is 2. The molecule has 0 aliphatic rings. The Labute approximate surface area is 190 Å². The largest absolute Gasteiger partial charge is 0.497 e. The average molecular weight is 462 g/mol.